The highest BCUT2D eigenvalue weighted by molar-refractivity contribution is 5.83. The van der Waals surface area contributed by atoms with Crippen LogP contribution in [0.1, 0.15) is 49.3 Å². The number of nitriles is 1. The van der Waals surface area contributed by atoms with Gasteiger partial charge in [0.05, 0.1) is 12.7 Å². The number of nitrogens with zero attached hydrogens (tertiary/aromatic N) is 2. The van der Waals surface area contributed by atoms with E-state index in [9.17, 15) is 14.9 Å². The van der Waals surface area contributed by atoms with E-state index in [2.05, 4.69) is 11.4 Å². The summed E-state index contributed by atoms with van der Waals surface area (Å²) < 4.78 is 5.83. The first-order chi connectivity index (χ1) is 15.4. The maximum atomic E-state index is 13.2. The first kappa shape index (κ1) is 21.4. The fourth-order valence-electron chi connectivity index (χ4n) is 7.00. The van der Waals surface area contributed by atoms with Crippen molar-refractivity contribution in [3.05, 3.63) is 35.4 Å². The van der Waals surface area contributed by atoms with Gasteiger partial charge in [0.1, 0.15) is 12.1 Å². The van der Waals surface area contributed by atoms with Gasteiger partial charge in [0.15, 0.2) is 0 Å². The van der Waals surface area contributed by atoms with Crippen LogP contribution in [-0.2, 0) is 14.3 Å². The standard InChI is InChI=1S/C25H32N4O3/c1-15-2-4-17(5-3-15)20(13-26)29-6-7-32-21(14-29)23(30)28-22-18-8-16-9-19(22)12-25(10-16,11-18)24(27)31/h2-5,16,18-22H,6-12,14H2,1H3,(H2,27,31)(H,28,30)/t16?,18?,19?,20-,21?,22?,25?/m0/s1. The molecule has 7 heteroatoms. The monoisotopic (exact) mass is 436 g/mol. The van der Waals surface area contributed by atoms with Crippen molar-refractivity contribution in [2.45, 2.75) is 57.2 Å². The largest absolute Gasteiger partial charge is 0.369 e. The van der Waals surface area contributed by atoms with Gasteiger partial charge in [-0.05, 0) is 62.3 Å². The van der Waals surface area contributed by atoms with Crippen LogP contribution in [0.3, 0.4) is 0 Å². The molecule has 4 saturated carbocycles. The van der Waals surface area contributed by atoms with Gasteiger partial charge in [0.25, 0.3) is 5.91 Å². The maximum Gasteiger partial charge on any atom is 0.250 e. The van der Waals surface area contributed by atoms with Crippen molar-refractivity contribution in [2.75, 3.05) is 19.7 Å². The molecule has 2 amide bonds. The predicted octanol–water partition coefficient (Wildman–Crippen LogP) is 2.06. The van der Waals surface area contributed by atoms with Crippen molar-refractivity contribution in [1.82, 2.24) is 10.2 Å². The van der Waals surface area contributed by atoms with Gasteiger partial charge in [-0.3, -0.25) is 14.5 Å². The Morgan fingerprint density at radius 3 is 2.53 bits per heavy atom. The Labute approximate surface area is 189 Å². The highest BCUT2D eigenvalue weighted by Gasteiger charge is 2.58. The number of benzene rings is 1. The number of carbonyl (C=O) groups is 2. The van der Waals surface area contributed by atoms with Crippen molar-refractivity contribution < 1.29 is 14.3 Å². The van der Waals surface area contributed by atoms with Crippen LogP contribution in [0.4, 0.5) is 0 Å². The molecule has 4 atom stereocenters. The van der Waals surface area contributed by atoms with Crippen molar-refractivity contribution in [3.8, 4) is 6.07 Å². The van der Waals surface area contributed by atoms with Crippen LogP contribution >= 0.6 is 0 Å². The summed E-state index contributed by atoms with van der Waals surface area (Å²) >= 11 is 0. The molecule has 4 aliphatic carbocycles. The smallest absolute Gasteiger partial charge is 0.250 e. The van der Waals surface area contributed by atoms with Gasteiger partial charge in [-0.25, -0.2) is 0 Å². The lowest BCUT2D eigenvalue weighted by Gasteiger charge is -2.59. The normalized spacial score (nSPS) is 36.9. The second-order valence-corrected chi connectivity index (χ2v) is 10.4. The van der Waals surface area contributed by atoms with Gasteiger partial charge in [-0.2, -0.15) is 5.26 Å². The van der Waals surface area contributed by atoms with Crippen LogP contribution in [-0.4, -0.2) is 48.6 Å². The molecule has 0 radical (unpaired) electrons. The Balaban J connectivity index is 1.25. The van der Waals surface area contributed by atoms with Gasteiger partial charge < -0.3 is 15.8 Å². The molecule has 0 spiro atoms. The molecule has 5 aliphatic rings. The molecule has 170 valence electrons. The van der Waals surface area contributed by atoms with Gasteiger partial charge in [0.2, 0.25) is 5.91 Å². The number of hydrogen-bond acceptors (Lipinski definition) is 5. The van der Waals surface area contributed by atoms with Gasteiger partial charge in [0, 0.05) is 24.5 Å². The fourth-order valence-corrected chi connectivity index (χ4v) is 7.00. The Bertz CT molecular complexity index is 924. The molecule has 4 bridgehead atoms. The quantitative estimate of drug-likeness (QED) is 0.734. The summed E-state index contributed by atoms with van der Waals surface area (Å²) in [4.78, 5) is 27.4. The number of carbonyl (C=O) groups excluding carboxylic acids is 2. The molecular weight excluding hydrogens is 404 g/mol. The third-order valence-corrected chi connectivity index (χ3v) is 8.38. The lowest BCUT2D eigenvalue weighted by Crippen LogP contribution is -2.63. The molecule has 1 aromatic rings. The lowest BCUT2D eigenvalue weighted by molar-refractivity contribution is -0.151. The van der Waals surface area contributed by atoms with Crippen molar-refractivity contribution >= 4 is 11.8 Å². The molecule has 32 heavy (non-hydrogen) atoms. The van der Waals surface area contributed by atoms with Crippen LogP contribution in [0.25, 0.3) is 0 Å². The molecular formula is C25H32N4O3. The molecule has 1 aromatic carbocycles. The second-order valence-electron chi connectivity index (χ2n) is 10.4. The highest BCUT2D eigenvalue weighted by Crippen LogP contribution is 2.59. The van der Waals surface area contributed by atoms with E-state index in [1.165, 1.54) is 0 Å². The van der Waals surface area contributed by atoms with E-state index in [1.807, 2.05) is 36.1 Å². The number of rotatable bonds is 5. The molecule has 1 saturated heterocycles. The molecule has 5 fully saturated rings. The van der Waals surface area contributed by atoms with Crippen LogP contribution < -0.4 is 11.1 Å². The zero-order valence-corrected chi connectivity index (χ0v) is 18.6. The van der Waals surface area contributed by atoms with Gasteiger partial charge in [-0.1, -0.05) is 29.8 Å². The first-order valence-corrected chi connectivity index (χ1v) is 11.8. The fraction of sp³-hybridized carbons (Fsp3) is 0.640. The molecule has 1 heterocycles. The highest BCUT2D eigenvalue weighted by atomic mass is 16.5. The Hall–Kier alpha value is -2.43. The minimum atomic E-state index is -0.590. The van der Waals surface area contributed by atoms with E-state index in [4.69, 9.17) is 10.5 Å². The number of primary amides is 1. The number of nitrogens with one attached hydrogen (secondary N) is 1. The van der Waals surface area contributed by atoms with Crippen molar-refractivity contribution in [3.63, 3.8) is 0 Å². The average molecular weight is 437 g/mol. The minimum absolute atomic E-state index is 0.0920. The van der Waals surface area contributed by atoms with E-state index in [0.29, 0.717) is 37.5 Å². The first-order valence-electron chi connectivity index (χ1n) is 11.8. The van der Waals surface area contributed by atoms with E-state index >= 15 is 0 Å². The number of ether oxygens (including phenoxy) is 1. The molecule has 1 aliphatic heterocycles. The summed E-state index contributed by atoms with van der Waals surface area (Å²) in [5.74, 6) is 0.932. The summed E-state index contributed by atoms with van der Waals surface area (Å²) in [5, 5.41) is 13.1. The minimum Gasteiger partial charge on any atom is -0.369 e. The second kappa shape index (κ2) is 8.17. The molecule has 6 rings (SSSR count). The summed E-state index contributed by atoms with van der Waals surface area (Å²) in [5.41, 5.74) is 7.53. The van der Waals surface area contributed by atoms with Crippen LogP contribution in [0.15, 0.2) is 24.3 Å². The van der Waals surface area contributed by atoms with Gasteiger partial charge in [-0.15, -0.1) is 0 Å². The topological polar surface area (TPSA) is 108 Å². The molecule has 3 N–H and O–H groups in total. The van der Waals surface area contributed by atoms with E-state index < -0.39 is 12.1 Å². The summed E-state index contributed by atoms with van der Waals surface area (Å²) in [6, 6.07) is 10.1. The van der Waals surface area contributed by atoms with Crippen molar-refractivity contribution in [1.29, 1.82) is 5.26 Å². The maximum absolute atomic E-state index is 13.2. The third-order valence-electron chi connectivity index (χ3n) is 8.38. The zero-order chi connectivity index (χ0) is 22.5. The summed E-state index contributed by atoms with van der Waals surface area (Å²) in [7, 11) is 0. The SMILES string of the molecule is Cc1ccc([C@H](C#N)N2CCOC(C(=O)NC3C4CC5CC3CC(C(N)=O)(C5)C4)C2)cc1. The lowest BCUT2D eigenvalue weighted by atomic mass is 9.47. The average Bonchev–Trinajstić information content (AvgIpc) is 2.77. The third kappa shape index (κ3) is 3.70. The van der Waals surface area contributed by atoms with E-state index in [0.717, 1.165) is 43.2 Å². The Morgan fingerprint density at radius 1 is 1.22 bits per heavy atom. The van der Waals surface area contributed by atoms with Crippen LogP contribution in [0.5, 0.6) is 0 Å². The number of aryl methyl sites for hydroxylation is 1. The number of amides is 2. The molecule has 7 nitrogen and oxygen atoms in total. The Morgan fingerprint density at radius 2 is 1.91 bits per heavy atom. The Kier molecular flexibility index (Phi) is 5.47. The summed E-state index contributed by atoms with van der Waals surface area (Å²) in [6.45, 7) is 3.46. The number of nitrogens with two attached hydrogens (primary N) is 1. The summed E-state index contributed by atoms with van der Waals surface area (Å²) in [6.07, 6.45) is 4.05. The van der Waals surface area contributed by atoms with Crippen LogP contribution in [0, 0.1) is 41.4 Å². The molecule has 3 unspecified atom stereocenters. The van der Waals surface area contributed by atoms with E-state index in [-0.39, 0.29) is 23.3 Å². The van der Waals surface area contributed by atoms with E-state index in [1.54, 1.807) is 0 Å². The molecule has 0 aromatic heterocycles. The van der Waals surface area contributed by atoms with Gasteiger partial charge >= 0.3 is 0 Å². The number of hydrogen-bond donors (Lipinski definition) is 2. The number of morpholine rings is 1. The zero-order valence-electron chi connectivity index (χ0n) is 18.6. The van der Waals surface area contributed by atoms with Crippen LogP contribution in [0.2, 0.25) is 0 Å². The van der Waals surface area contributed by atoms with Crippen molar-refractivity contribution in [2.24, 2.45) is 28.9 Å². The predicted molar refractivity (Wildman–Crippen MR) is 118 cm³/mol.